The highest BCUT2D eigenvalue weighted by molar-refractivity contribution is 7.99. The van der Waals surface area contributed by atoms with Crippen molar-refractivity contribution in [3.8, 4) is 0 Å². The Morgan fingerprint density at radius 3 is 2.74 bits per heavy atom. The summed E-state index contributed by atoms with van der Waals surface area (Å²) in [5.74, 6) is 0.137. The molecule has 0 saturated carbocycles. The van der Waals surface area contributed by atoms with Crippen LogP contribution in [-0.4, -0.2) is 41.7 Å². The minimum Gasteiger partial charge on any atom is -0.467 e. The van der Waals surface area contributed by atoms with Gasteiger partial charge in [-0.2, -0.15) is 0 Å². The van der Waals surface area contributed by atoms with E-state index in [1.165, 1.54) is 48.0 Å². The number of urea groups is 1. The van der Waals surface area contributed by atoms with Crippen LogP contribution >= 0.6 is 11.8 Å². The van der Waals surface area contributed by atoms with E-state index in [-0.39, 0.29) is 5.82 Å². The van der Waals surface area contributed by atoms with E-state index in [0.29, 0.717) is 17.3 Å². The first kappa shape index (κ1) is 13.7. The Kier molecular flexibility index (Phi) is 4.26. The number of methoxy groups -OCH3 is 1. The van der Waals surface area contributed by atoms with Gasteiger partial charge in [-0.25, -0.2) is 14.0 Å². The summed E-state index contributed by atoms with van der Waals surface area (Å²) in [5, 5.41) is 2.62. The van der Waals surface area contributed by atoms with E-state index in [2.05, 4.69) is 10.1 Å². The summed E-state index contributed by atoms with van der Waals surface area (Å²) in [6.07, 6.45) is 0. The lowest BCUT2D eigenvalue weighted by molar-refractivity contribution is -0.144. The highest BCUT2D eigenvalue weighted by Crippen LogP contribution is 2.23. The van der Waals surface area contributed by atoms with Crippen LogP contribution in [0.25, 0.3) is 0 Å². The van der Waals surface area contributed by atoms with Gasteiger partial charge in [-0.15, -0.1) is 11.8 Å². The third kappa shape index (κ3) is 3.17. The zero-order chi connectivity index (χ0) is 13.8. The van der Waals surface area contributed by atoms with Gasteiger partial charge in [0.2, 0.25) is 0 Å². The number of esters is 1. The molecule has 1 fully saturated rings. The van der Waals surface area contributed by atoms with Crippen LogP contribution in [-0.2, 0) is 9.53 Å². The van der Waals surface area contributed by atoms with Crippen LogP contribution in [0.3, 0.4) is 0 Å². The van der Waals surface area contributed by atoms with Gasteiger partial charge in [0, 0.05) is 11.4 Å². The minimum atomic E-state index is -0.574. The van der Waals surface area contributed by atoms with Crippen molar-refractivity contribution in [1.82, 2.24) is 4.90 Å². The smallest absolute Gasteiger partial charge is 0.329 e. The molecule has 0 spiro atoms. The molecule has 7 heteroatoms. The summed E-state index contributed by atoms with van der Waals surface area (Å²) in [4.78, 5) is 25.0. The molecule has 19 heavy (non-hydrogen) atoms. The lowest BCUT2D eigenvalue weighted by atomic mass is 10.3. The van der Waals surface area contributed by atoms with Gasteiger partial charge < -0.3 is 15.0 Å². The molecule has 0 radical (unpaired) electrons. The fourth-order valence-corrected chi connectivity index (χ4v) is 2.84. The van der Waals surface area contributed by atoms with Gasteiger partial charge in [-0.3, -0.25) is 0 Å². The molecule has 1 aliphatic heterocycles. The lowest BCUT2D eigenvalue weighted by Gasteiger charge is -2.22. The number of nitrogens with one attached hydrogen (secondary N) is 1. The molecule has 2 rings (SSSR count). The molecule has 1 aromatic carbocycles. The molecule has 1 saturated heterocycles. The van der Waals surface area contributed by atoms with E-state index in [1.807, 2.05) is 0 Å². The normalized spacial score (nSPS) is 18.2. The standard InChI is InChI=1S/C12H13FN2O3S/c1-18-11(16)10-6-19-7-15(10)12(17)14-9-4-2-8(13)3-5-9/h2-5,10H,6-7H2,1H3,(H,14,17). The maximum atomic E-state index is 12.8. The number of hydrogen-bond acceptors (Lipinski definition) is 4. The summed E-state index contributed by atoms with van der Waals surface area (Å²) >= 11 is 1.48. The van der Waals surface area contributed by atoms with Crippen molar-refractivity contribution in [3.05, 3.63) is 30.1 Å². The zero-order valence-electron chi connectivity index (χ0n) is 10.3. The first-order chi connectivity index (χ1) is 9.11. The van der Waals surface area contributed by atoms with Crippen LogP contribution in [0.2, 0.25) is 0 Å². The van der Waals surface area contributed by atoms with Crippen molar-refractivity contribution in [1.29, 1.82) is 0 Å². The summed E-state index contributed by atoms with van der Waals surface area (Å²) in [6.45, 7) is 0. The van der Waals surface area contributed by atoms with Crippen molar-refractivity contribution in [2.75, 3.05) is 24.1 Å². The number of halogens is 1. The Hall–Kier alpha value is -1.76. The van der Waals surface area contributed by atoms with Crippen LogP contribution in [0.5, 0.6) is 0 Å². The van der Waals surface area contributed by atoms with E-state index in [9.17, 15) is 14.0 Å². The number of rotatable bonds is 2. The average molecular weight is 284 g/mol. The monoisotopic (exact) mass is 284 g/mol. The van der Waals surface area contributed by atoms with Crippen molar-refractivity contribution < 1.29 is 18.7 Å². The number of hydrogen-bond donors (Lipinski definition) is 1. The van der Waals surface area contributed by atoms with Crippen LogP contribution in [0.1, 0.15) is 0 Å². The van der Waals surface area contributed by atoms with Gasteiger partial charge in [0.05, 0.1) is 13.0 Å². The number of carbonyl (C=O) groups is 2. The zero-order valence-corrected chi connectivity index (χ0v) is 11.1. The molecule has 1 N–H and O–H groups in total. The first-order valence-electron chi connectivity index (χ1n) is 5.60. The predicted octanol–water partition coefficient (Wildman–Crippen LogP) is 1.91. The Labute approximate surface area is 114 Å². The molecule has 1 aromatic rings. The van der Waals surface area contributed by atoms with Crippen molar-refractivity contribution in [2.45, 2.75) is 6.04 Å². The third-order valence-corrected chi connectivity index (χ3v) is 3.72. The maximum absolute atomic E-state index is 12.8. The minimum absolute atomic E-state index is 0.373. The van der Waals surface area contributed by atoms with Crippen molar-refractivity contribution in [3.63, 3.8) is 0 Å². The van der Waals surface area contributed by atoms with Gasteiger partial charge in [0.25, 0.3) is 0 Å². The first-order valence-corrected chi connectivity index (χ1v) is 6.76. The number of ether oxygens (including phenoxy) is 1. The highest BCUT2D eigenvalue weighted by atomic mass is 32.2. The number of carbonyl (C=O) groups excluding carboxylic acids is 2. The summed E-state index contributed by atoms with van der Waals surface area (Å²) < 4.78 is 17.4. The van der Waals surface area contributed by atoms with E-state index in [4.69, 9.17) is 0 Å². The van der Waals surface area contributed by atoms with Crippen LogP contribution < -0.4 is 5.32 Å². The van der Waals surface area contributed by atoms with E-state index >= 15 is 0 Å². The predicted molar refractivity (Wildman–Crippen MR) is 70.4 cm³/mol. The number of thioether (sulfide) groups is 1. The second-order valence-corrected chi connectivity index (χ2v) is 4.95. The summed E-state index contributed by atoms with van der Waals surface area (Å²) in [6, 6.07) is 4.47. The highest BCUT2D eigenvalue weighted by Gasteiger charge is 2.35. The Morgan fingerprint density at radius 1 is 1.42 bits per heavy atom. The van der Waals surface area contributed by atoms with E-state index < -0.39 is 18.0 Å². The largest absolute Gasteiger partial charge is 0.467 e. The van der Waals surface area contributed by atoms with Crippen LogP contribution in [0.4, 0.5) is 14.9 Å². The van der Waals surface area contributed by atoms with E-state index in [0.717, 1.165) is 0 Å². The molecule has 0 bridgehead atoms. The molecule has 1 aliphatic rings. The molecule has 1 heterocycles. The number of nitrogens with zero attached hydrogens (tertiary/aromatic N) is 1. The molecule has 1 unspecified atom stereocenters. The van der Waals surface area contributed by atoms with Gasteiger partial charge in [0.15, 0.2) is 0 Å². The molecule has 0 aromatic heterocycles. The average Bonchev–Trinajstić information content (AvgIpc) is 2.90. The fraction of sp³-hybridized carbons (Fsp3) is 0.333. The summed E-state index contributed by atoms with van der Waals surface area (Å²) in [7, 11) is 1.29. The van der Waals surface area contributed by atoms with Crippen LogP contribution in [0, 0.1) is 5.82 Å². The molecular weight excluding hydrogens is 271 g/mol. The van der Waals surface area contributed by atoms with Crippen LogP contribution in [0.15, 0.2) is 24.3 Å². The van der Waals surface area contributed by atoms with Gasteiger partial charge in [-0.05, 0) is 24.3 Å². The Balaban J connectivity index is 2.03. The Bertz CT molecular complexity index is 480. The molecule has 102 valence electrons. The van der Waals surface area contributed by atoms with E-state index in [1.54, 1.807) is 0 Å². The third-order valence-electron chi connectivity index (χ3n) is 2.71. The Morgan fingerprint density at radius 2 is 2.11 bits per heavy atom. The molecular formula is C12H13FN2O3S. The topological polar surface area (TPSA) is 58.6 Å². The number of anilines is 1. The second kappa shape index (κ2) is 5.92. The summed E-state index contributed by atoms with van der Waals surface area (Å²) in [5.41, 5.74) is 0.479. The molecule has 1 atom stereocenters. The quantitative estimate of drug-likeness (QED) is 0.843. The van der Waals surface area contributed by atoms with Crippen molar-refractivity contribution >= 4 is 29.4 Å². The SMILES string of the molecule is COC(=O)C1CSCN1C(=O)Nc1ccc(F)cc1. The fourth-order valence-electron chi connectivity index (χ4n) is 1.70. The lowest BCUT2D eigenvalue weighted by Crippen LogP contribution is -2.44. The van der Waals surface area contributed by atoms with Gasteiger partial charge in [0.1, 0.15) is 11.9 Å². The van der Waals surface area contributed by atoms with Gasteiger partial charge in [-0.1, -0.05) is 0 Å². The molecule has 2 amide bonds. The number of benzene rings is 1. The molecule has 0 aliphatic carbocycles. The molecule has 5 nitrogen and oxygen atoms in total. The number of amides is 2. The van der Waals surface area contributed by atoms with Crippen molar-refractivity contribution in [2.24, 2.45) is 0 Å². The second-order valence-electron chi connectivity index (χ2n) is 3.95. The van der Waals surface area contributed by atoms with Gasteiger partial charge >= 0.3 is 12.0 Å². The maximum Gasteiger partial charge on any atom is 0.329 e.